The Balaban J connectivity index is 1.36. The Morgan fingerprint density at radius 2 is 2.00 bits per heavy atom. The molecule has 1 unspecified atom stereocenters. The van der Waals surface area contributed by atoms with Gasteiger partial charge in [0.1, 0.15) is 11.8 Å². The van der Waals surface area contributed by atoms with Crippen molar-refractivity contribution in [2.24, 2.45) is 5.73 Å². The number of carbonyl (C=O) groups excluding carboxylic acids is 3. The minimum Gasteiger partial charge on any atom is -0.374 e. The van der Waals surface area contributed by atoms with E-state index in [0.717, 1.165) is 0 Å². The first-order valence-electron chi connectivity index (χ1n) is 10.7. The minimum atomic E-state index is -1.58. The zero-order valence-electron chi connectivity index (χ0n) is 17.9. The van der Waals surface area contributed by atoms with Crippen LogP contribution in [0, 0.1) is 5.41 Å². The number of anilines is 1. The van der Waals surface area contributed by atoms with Gasteiger partial charge in [0.05, 0.1) is 24.5 Å². The van der Waals surface area contributed by atoms with Gasteiger partial charge in [-0.1, -0.05) is 30.3 Å². The summed E-state index contributed by atoms with van der Waals surface area (Å²) in [7, 11) is 0. The Morgan fingerprint density at radius 3 is 2.73 bits per heavy atom. The Kier molecular flexibility index (Phi) is 6.08. The molecule has 2 aliphatic rings. The largest absolute Gasteiger partial charge is 0.374 e. The first-order chi connectivity index (χ1) is 15.8. The number of nitrogens with one attached hydrogen (secondary N) is 3. The lowest BCUT2D eigenvalue weighted by Gasteiger charge is -2.25. The number of hydrogen-bond acceptors (Lipinski definition) is 6. The maximum absolute atomic E-state index is 15.1. The second kappa shape index (κ2) is 8.97. The molecule has 172 valence electrons. The number of carbonyl (C=O) groups is 3. The van der Waals surface area contributed by atoms with E-state index in [1.165, 1.54) is 23.4 Å². The van der Waals surface area contributed by atoms with Gasteiger partial charge in [0, 0.05) is 24.7 Å². The SMILES string of the molecule is N=C(C(N)=O)c1ccncc1NCC(=O)N1CCC[C@H]1C(=O)NC1C[C@]1(F)c1ccccc1. The Labute approximate surface area is 190 Å². The van der Waals surface area contributed by atoms with Crippen molar-refractivity contribution < 1.29 is 18.8 Å². The molecule has 1 saturated carbocycles. The lowest BCUT2D eigenvalue weighted by molar-refractivity contribution is -0.137. The average molecular weight is 452 g/mol. The van der Waals surface area contributed by atoms with Crippen LogP contribution >= 0.6 is 0 Å². The first kappa shape index (κ1) is 22.4. The number of amides is 3. The quantitative estimate of drug-likeness (QED) is 0.444. The normalized spacial score (nSPS) is 23.6. The molecular weight excluding hydrogens is 427 g/mol. The monoisotopic (exact) mass is 452 g/mol. The van der Waals surface area contributed by atoms with Crippen LogP contribution in [0.15, 0.2) is 48.8 Å². The molecule has 3 atom stereocenters. The molecule has 0 radical (unpaired) electrons. The standard InChI is InChI=1S/C23H25FN6O3/c24-23(14-5-2-1-3-6-14)11-18(23)29-22(33)17-7-4-10-30(17)19(31)13-28-16-12-27-9-8-15(16)20(25)21(26)32/h1-3,5-6,8-9,12,17-18,25,28H,4,7,10-11,13H2,(H2,26,32)(H,29,33)/t17-,18?,23-/m0/s1. The Bertz CT molecular complexity index is 1090. The summed E-state index contributed by atoms with van der Waals surface area (Å²) < 4.78 is 15.1. The highest BCUT2D eigenvalue weighted by atomic mass is 19.1. The van der Waals surface area contributed by atoms with E-state index >= 15 is 4.39 Å². The highest BCUT2D eigenvalue weighted by Gasteiger charge is 2.58. The van der Waals surface area contributed by atoms with Crippen molar-refractivity contribution in [3.8, 4) is 0 Å². The molecule has 2 aromatic rings. The summed E-state index contributed by atoms with van der Waals surface area (Å²) in [5.74, 6) is -1.58. The van der Waals surface area contributed by atoms with E-state index in [0.29, 0.717) is 30.6 Å². The number of alkyl halides is 1. The predicted octanol–water partition coefficient (Wildman–Crippen LogP) is 1.09. The van der Waals surface area contributed by atoms with Crippen LogP contribution in [0.3, 0.4) is 0 Å². The number of aromatic nitrogens is 1. The molecule has 33 heavy (non-hydrogen) atoms. The summed E-state index contributed by atoms with van der Waals surface area (Å²) in [5, 5.41) is 13.5. The van der Waals surface area contributed by atoms with Gasteiger partial charge < -0.3 is 21.3 Å². The van der Waals surface area contributed by atoms with Crippen LogP contribution in [0.4, 0.5) is 10.1 Å². The summed E-state index contributed by atoms with van der Waals surface area (Å²) in [6, 6.07) is 8.91. The lowest BCUT2D eigenvalue weighted by atomic mass is 10.1. The van der Waals surface area contributed by atoms with Crippen molar-refractivity contribution in [3.05, 3.63) is 59.9 Å². The van der Waals surface area contributed by atoms with Crippen molar-refractivity contribution in [3.63, 3.8) is 0 Å². The van der Waals surface area contributed by atoms with Gasteiger partial charge in [-0.15, -0.1) is 0 Å². The molecule has 5 N–H and O–H groups in total. The van der Waals surface area contributed by atoms with Crippen molar-refractivity contribution in [1.82, 2.24) is 15.2 Å². The Hall–Kier alpha value is -3.82. The van der Waals surface area contributed by atoms with Crippen LogP contribution in [-0.4, -0.2) is 58.5 Å². The third kappa shape index (κ3) is 4.55. The van der Waals surface area contributed by atoms with Gasteiger partial charge in [0.25, 0.3) is 5.91 Å². The Morgan fingerprint density at radius 1 is 1.24 bits per heavy atom. The highest BCUT2D eigenvalue weighted by molar-refractivity contribution is 6.44. The number of benzene rings is 1. The average Bonchev–Trinajstić information content (AvgIpc) is 3.23. The van der Waals surface area contributed by atoms with Gasteiger partial charge in [-0.2, -0.15) is 0 Å². The van der Waals surface area contributed by atoms with Crippen LogP contribution in [0.5, 0.6) is 0 Å². The van der Waals surface area contributed by atoms with Crippen LogP contribution in [0.2, 0.25) is 0 Å². The third-order valence-corrected chi connectivity index (χ3v) is 6.11. The van der Waals surface area contributed by atoms with E-state index in [1.54, 1.807) is 24.3 Å². The van der Waals surface area contributed by atoms with Crippen LogP contribution in [0.1, 0.15) is 30.4 Å². The number of pyridine rings is 1. The van der Waals surface area contributed by atoms with Crippen LogP contribution in [0.25, 0.3) is 0 Å². The summed E-state index contributed by atoms with van der Waals surface area (Å²) >= 11 is 0. The maximum Gasteiger partial charge on any atom is 0.267 e. The zero-order valence-corrected chi connectivity index (χ0v) is 17.9. The van der Waals surface area contributed by atoms with Gasteiger partial charge in [-0.05, 0) is 24.5 Å². The molecule has 3 amide bonds. The molecule has 1 aromatic heterocycles. The molecule has 9 nitrogen and oxygen atoms in total. The predicted molar refractivity (Wildman–Crippen MR) is 119 cm³/mol. The molecule has 2 fully saturated rings. The van der Waals surface area contributed by atoms with Crippen molar-refractivity contribution >= 4 is 29.1 Å². The maximum atomic E-state index is 15.1. The van der Waals surface area contributed by atoms with Gasteiger partial charge in [0.15, 0.2) is 5.67 Å². The topological polar surface area (TPSA) is 141 Å². The van der Waals surface area contributed by atoms with E-state index < -0.39 is 29.4 Å². The lowest BCUT2D eigenvalue weighted by Crippen LogP contribution is -2.48. The molecule has 2 heterocycles. The zero-order chi connectivity index (χ0) is 23.6. The fourth-order valence-corrected chi connectivity index (χ4v) is 4.20. The number of hydrogen-bond donors (Lipinski definition) is 4. The fraction of sp³-hybridized carbons (Fsp3) is 0.348. The minimum absolute atomic E-state index is 0.158. The van der Waals surface area contributed by atoms with E-state index in [1.807, 2.05) is 6.07 Å². The van der Waals surface area contributed by atoms with Crippen molar-refractivity contribution in [2.75, 3.05) is 18.4 Å². The molecular formula is C23H25FN6O3. The number of nitrogens with two attached hydrogens (primary N) is 1. The molecule has 4 rings (SSSR count). The van der Waals surface area contributed by atoms with Gasteiger partial charge in [-0.3, -0.25) is 24.8 Å². The molecule has 1 aromatic carbocycles. The van der Waals surface area contributed by atoms with E-state index in [2.05, 4.69) is 15.6 Å². The van der Waals surface area contributed by atoms with Gasteiger partial charge in [-0.25, -0.2) is 4.39 Å². The summed E-state index contributed by atoms with van der Waals surface area (Å²) in [5.41, 5.74) is 4.30. The van der Waals surface area contributed by atoms with Crippen molar-refractivity contribution in [1.29, 1.82) is 5.41 Å². The molecule has 1 aliphatic carbocycles. The van der Waals surface area contributed by atoms with Crippen molar-refractivity contribution in [2.45, 2.75) is 37.0 Å². The third-order valence-electron chi connectivity index (χ3n) is 6.11. The van der Waals surface area contributed by atoms with Gasteiger partial charge >= 0.3 is 0 Å². The van der Waals surface area contributed by atoms with Crippen LogP contribution in [-0.2, 0) is 20.1 Å². The van der Waals surface area contributed by atoms with Gasteiger partial charge in [0.2, 0.25) is 11.8 Å². The number of halogens is 1. The summed E-state index contributed by atoms with van der Waals surface area (Å²) in [6.45, 7) is 0.259. The number of nitrogens with zero attached hydrogens (tertiary/aromatic N) is 2. The molecule has 1 aliphatic heterocycles. The number of likely N-dealkylation sites (tertiary alicyclic amines) is 1. The molecule has 0 spiro atoms. The van der Waals surface area contributed by atoms with E-state index in [-0.39, 0.29) is 30.3 Å². The second-order valence-corrected chi connectivity index (χ2v) is 8.25. The molecule has 10 heteroatoms. The smallest absolute Gasteiger partial charge is 0.267 e. The molecule has 1 saturated heterocycles. The fourth-order valence-electron chi connectivity index (χ4n) is 4.20. The number of primary amides is 1. The number of rotatable bonds is 8. The van der Waals surface area contributed by atoms with E-state index in [9.17, 15) is 14.4 Å². The van der Waals surface area contributed by atoms with E-state index in [4.69, 9.17) is 11.1 Å². The first-order valence-corrected chi connectivity index (χ1v) is 10.7. The molecule has 0 bridgehead atoms. The van der Waals surface area contributed by atoms with Crippen LogP contribution < -0.4 is 16.4 Å². The second-order valence-electron chi connectivity index (χ2n) is 8.25. The summed E-state index contributed by atoms with van der Waals surface area (Å²) in [4.78, 5) is 42.5. The summed E-state index contributed by atoms with van der Waals surface area (Å²) in [6.07, 6.45) is 4.18. The highest BCUT2D eigenvalue weighted by Crippen LogP contribution is 2.49.